The molecule has 1 atom stereocenters. The predicted molar refractivity (Wildman–Crippen MR) is 85.3 cm³/mol. The highest BCUT2D eigenvalue weighted by atomic mass is 14.9. The van der Waals surface area contributed by atoms with Crippen molar-refractivity contribution < 1.29 is 0 Å². The highest BCUT2D eigenvalue weighted by molar-refractivity contribution is 5.26. The van der Waals surface area contributed by atoms with Gasteiger partial charge >= 0.3 is 0 Å². The first-order valence-corrected chi connectivity index (χ1v) is 7.46. The van der Waals surface area contributed by atoms with Gasteiger partial charge in [-0.2, -0.15) is 0 Å². The van der Waals surface area contributed by atoms with Gasteiger partial charge < -0.3 is 5.32 Å². The van der Waals surface area contributed by atoms with E-state index in [-0.39, 0.29) is 0 Å². The van der Waals surface area contributed by atoms with Crippen LogP contribution in [0.5, 0.6) is 0 Å². The van der Waals surface area contributed by atoms with Crippen molar-refractivity contribution >= 4 is 0 Å². The number of nitrogens with one attached hydrogen (secondary N) is 1. The molecule has 21 heavy (non-hydrogen) atoms. The molecule has 4 nitrogen and oxygen atoms in total. The van der Waals surface area contributed by atoms with E-state index in [0.717, 1.165) is 42.2 Å². The molecule has 0 amide bonds. The van der Waals surface area contributed by atoms with Gasteiger partial charge in [0.2, 0.25) is 0 Å². The van der Waals surface area contributed by atoms with Crippen LogP contribution in [0.1, 0.15) is 35.3 Å². The third kappa shape index (κ3) is 4.33. The molecule has 0 saturated carbocycles. The van der Waals surface area contributed by atoms with Crippen LogP contribution in [0.3, 0.4) is 0 Å². The van der Waals surface area contributed by atoms with E-state index in [1.165, 1.54) is 5.56 Å². The first-order valence-electron chi connectivity index (χ1n) is 7.46. The number of hydrogen-bond acceptors (Lipinski definition) is 4. The lowest BCUT2D eigenvalue weighted by Gasteiger charge is -2.15. The Morgan fingerprint density at radius 3 is 2.48 bits per heavy atom. The summed E-state index contributed by atoms with van der Waals surface area (Å²) in [5.74, 6) is 1.46. The normalized spacial score (nSPS) is 12.4. The molecule has 4 heteroatoms. The van der Waals surface area contributed by atoms with Crippen LogP contribution in [-0.4, -0.2) is 28.5 Å². The van der Waals surface area contributed by atoms with Gasteiger partial charge in [0.1, 0.15) is 5.82 Å². The summed E-state index contributed by atoms with van der Waals surface area (Å²) in [6, 6.07) is 4.01. The summed E-state index contributed by atoms with van der Waals surface area (Å²) in [7, 11) is 1.99. The standard InChI is InChI=1S/C17H24N4/c1-12(10-18-4)8-16-13(2)20-17(21-14(16)3)9-15-6-5-7-19-11-15/h5-7,11-12,18H,8-10H2,1-4H3. The first-order chi connectivity index (χ1) is 10.1. The molecule has 2 aromatic rings. The van der Waals surface area contributed by atoms with E-state index in [1.807, 2.05) is 19.3 Å². The second-order valence-corrected chi connectivity index (χ2v) is 5.69. The minimum absolute atomic E-state index is 0.583. The average molecular weight is 284 g/mol. The number of hydrogen-bond donors (Lipinski definition) is 1. The molecule has 112 valence electrons. The second kappa shape index (κ2) is 7.27. The van der Waals surface area contributed by atoms with Crippen LogP contribution < -0.4 is 5.32 Å². The molecule has 2 aromatic heterocycles. The molecule has 0 saturated heterocycles. The summed E-state index contributed by atoms with van der Waals surface area (Å²) in [6.07, 6.45) is 5.41. The predicted octanol–water partition coefficient (Wildman–Crippen LogP) is 2.48. The van der Waals surface area contributed by atoms with Crippen LogP contribution in [0, 0.1) is 19.8 Å². The van der Waals surface area contributed by atoms with Crippen molar-refractivity contribution in [2.45, 2.75) is 33.6 Å². The van der Waals surface area contributed by atoms with Crippen molar-refractivity contribution in [3.63, 3.8) is 0 Å². The first kappa shape index (κ1) is 15.6. The van der Waals surface area contributed by atoms with Gasteiger partial charge in [-0.3, -0.25) is 4.98 Å². The fourth-order valence-electron chi connectivity index (χ4n) is 2.64. The van der Waals surface area contributed by atoms with E-state index in [9.17, 15) is 0 Å². The summed E-state index contributed by atoms with van der Waals surface area (Å²) >= 11 is 0. The van der Waals surface area contributed by atoms with E-state index >= 15 is 0 Å². The van der Waals surface area contributed by atoms with Gasteiger partial charge in [-0.25, -0.2) is 9.97 Å². The van der Waals surface area contributed by atoms with Gasteiger partial charge in [0.05, 0.1) is 0 Å². The molecule has 0 spiro atoms. The van der Waals surface area contributed by atoms with E-state index in [2.05, 4.69) is 47.1 Å². The molecule has 0 bridgehead atoms. The molecule has 2 heterocycles. The largest absolute Gasteiger partial charge is 0.319 e. The Kier molecular flexibility index (Phi) is 5.39. The molecule has 0 aromatic carbocycles. The summed E-state index contributed by atoms with van der Waals surface area (Å²) in [4.78, 5) is 13.5. The molecule has 0 aliphatic rings. The van der Waals surface area contributed by atoms with Gasteiger partial charge in [0.15, 0.2) is 0 Å². The number of aromatic nitrogens is 3. The molecule has 0 aliphatic heterocycles. The van der Waals surface area contributed by atoms with Crippen LogP contribution >= 0.6 is 0 Å². The van der Waals surface area contributed by atoms with Gasteiger partial charge in [-0.05, 0) is 57.0 Å². The fourth-order valence-corrected chi connectivity index (χ4v) is 2.64. The lowest BCUT2D eigenvalue weighted by atomic mass is 9.98. The van der Waals surface area contributed by atoms with E-state index < -0.39 is 0 Å². The summed E-state index contributed by atoms with van der Waals surface area (Å²) in [6.45, 7) is 7.43. The molecule has 1 unspecified atom stereocenters. The van der Waals surface area contributed by atoms with Crippen LogP contribution in [-0.2, 0) is 12.8 Å². The van der Waals surface area contributed by atoms with Crippen molar-refractivity contribution in [2.75, 3.05) is 13.6 Å². The lowest BCUT2D eigenvalue weighted by molar-refractivity contribution is 0.536. The zero-order valence-corrected chi connectivity index (χ0v) is 13.3. The van der Waals surface area contributed by atoms with Crippen molar-refractivity contribution in [3.8, 4) is 0 Å². The fraction of sp³-hybridized carbons (Fsp3) is 0.471. The number of rotatable bonds is 6. The third-order valence-electron chi connectivity index (χ3n) is 3.66. The summed E-state index contributed by atoms with van der Waals surface area (Å²) < 4.78 is 0. The van der Waals surface area contributed by atoms with Gasteiger partial charge in [0.25, 0.3) is 0 Å². The van der Waals surface area contributed by atoms with E-state index in [0.29, 0.717) is 5.92 Å². The Morgan fingerprint density at radius 1 is 1.19 bits per heavy atom. The van der Waals surface area contributed by atoms with Crippen molar-refractivity contribution in [1.82, 2.24) is 20.3 Å². The lowest BCUT2D eigenvalue weighted by Crippen LogP contribution is -2.19. The number of aryl methyl sites for hydroxylation is 2. The maximum Gasteiger partial charge on any atom is 0.133 e. The second-order valence-electron chi connectivity index (χ2n) is 5.69. The quantitative estimate of drug-likeness (QED) is 0.885. The molecular formula is C17H24N4. The maximum absolute atomic E-state index is 4.68. The molecular weight excluding hydrogens is 260 g/mol. The van der Waals surface area contributed by atoms with E-state index in [4.69, 9.17) is 0 Å². The SMILES string of the molecule is CNCC(C)Cc1c(C)nc(Cc2cccnc2)nc1C. The zero-order chi connectivity index (χ0) is 15.2. The van der Waals surface area contributed by atoms with Crippen LogP contribution in [0.15, 0.2) is 24.5 Å². The van der Waals surface area contributed by atoms with Crippen LogP contribution in [0.25, 0.3) is 0 Å². The highest BCUT2D eigenvalue weighted by Gasteiger charge is 2.12. The van der Waals surface area contributed by atoms with Crippen molar-refractivity contribution in [1.29, 1.82) is 0 Å². The summed E-state index contributed by atoms with van der Waals surface area (Å²) in [5.41, 5.74) is 4.63. The number of pyridine rings is 1. The van der Waals surface area contributed by atoms with Gasteiger partial charge in [-0.1, -0.05) is 13.0 Å². The Morgan fingerprint density at radius 2 is 1.90 bits per heavy atom. The molecule has 1 N–H and O–H groups in total. The maximum atomic E-state index is 4.68. The Labute approximate surface area is 127 Å². The topological polar surface area (TPSA) is 50.7 Å². The zero-order valence-electron chi connectivity index (χ0n) is 13.3. The Bertz CT molecular complexity index is 558. The summed E-state index contributed by atoms with van der Waals surface area (Å²) in [5, 5.41) is 3.22. The molecule has 0 fully saturated rings. The smallest absolute Gasteiger partial charge is 0.133 e. The molecule has 0 radical (unpaired) electrons. The third-order valence-corrected chi connectivity index (χ3v) is 3.66. The minimum Gasteiger partial charge on any atom is -0.319 e. The average Bonchev–Trinajstić information content (AvgIpc) is 2.44. The Hall–Kier alpha value is -1.81. The monoisotopic (exact) mass is 284 g/mol. The Balaban J connectivity index is 2.17. The van der Waals surface area contributed by atoms with E-state index in [1.54, 1.807) is 6.20 Å². The highest BCUT2D eigenvalue weighted by Crippen LogP contribution is 2.16. The number of nitrogens with zero attached hydrogens (tertiary/aromatic N) is 3. The van der Waals surface area contributed by atoms with Crippen molar-refractivity contribution in [2.24, 2.45) is 5.92 Å². The molecule has 2 rings (SSSR count). The van der Waals surface area contributed by atoms with Gasteiger partial charge in [-0.15, -0.1) is 0 Å². The van der Waals surface area contributed by atoms with Crippen LogP contribution in [0.2, 0.25) is 0 Å². The van der Waals surface area contributed by atoms with Crippen molar-refractivity contribution in [3.05, 3.63) is 52.9 Å². The van der Waals surface area contributed by atoms with Gasteiger partial charge in [0, 0.05) is 30.2 Å². The minimum atomic E-state index is 0.583. The van der Waals surface area contributed by atoms with Crippen LogP contribution in [0.4, 0.5) is 0 Å². The molecule has 0 aliphatic carbocycles.